The standard InChI is InChI=1S/C12H14N4/c13-9-3-1-7(5-11(9)15)8-2-4-10(14)12(16)6-8/h1-5,9,14,16H,6,13,15H2. The Morgan fingerprint density at radius 1 is 1.19 bits per heavy atom. The normalized spacial score (nSPS) is 29.6. The highest BCUT2D eigenvalue weighted by Gasteiger charge is 2.15. The fourth-order valence-corrected chi connectivity index (χ4v) is 1.67. The molecule has 0 saturated heterocycles. The van der Waals surface area contributed by atoms with E-state index in [4.69, 9.17) is 22.3 Å². The molecule has 0 spiro atoms. The van der Waals surface area contributed by atoms with Gasteiger partial charge in [-0.05, 0) is 23.3 Å². The molecule has 4 heteroatoms. The molecule has 0 heterocycles. The fraction of sp³-hybridized carbons (Fsp3) is 0.167. The Morgan fingerprint density at radius 2 is 1.94 bits per heavy atom. The van der Waals surface area contributed by atoms with Gasteiger partial charge in [-0.15, -0.1) is 0 Å². The molecule has 0 aromatic heterocycles. The molecule has 0 saturated carbocycles. The third kappa shape index (κ3) is 1.87. The van der Waals surface area contributed by atoms with Gasteiger partial charge in [-0.3, -0.25) is 5.41 Å². The summed E-state index contributed by atoms with van der Waals surface area (Å²) < 4.78 is 0. The van der Waals surface area contributed by atoms with Crippen LogP contribution in [0.15, 0.2) is 47.2 Å². The summed E-state index contributed by atoms with van der Waals surface area (Å²) in [5, 5.41) is 15.1. The lowest BCUT2D eigenvalue weighted by atomic mass is 9.91. The molecule has 0 aromatic rings. The number of allylic oxidation sites excluding steroid dienone is 6. The molecular formula is C12H14N4. The number of nitrogens with one attached hydrogen (secondary N) is 2. The van der Waals surface area contributed by atoms with Crippen LogP contribution in [0.4, 0.5) is 0 Å². The van der Waals surface area contributed by atoms with Crippen LogP contribution in [0.1, 0.15) is 6.42 Å². The minimum Gasteiger partial charge on any atom is -0.400 e. The molecule has 82 valence electrons. The predicted octanol–water partition coefficient (Wildman–Crippen LogP) is 1.02. The largest absolute Gasteiger partial charge is 0.400 e. The van der Waals surface area contributed by atoms with Gasteiger partial charge in [0.25, 0.3) is 0 Å². The zero-order valence-corrected chi connectivity index (χ0v) is 8.83. The summed E-state index contributed by atoms with van der Waals surface area (Å²) in [6.07, 6.45) is 9.58. The topological polar surface area (TPSA) is 99.7 Å². The van der Waals surface area contributed by atoms with Crippen LogP contribution in [0.25, 0.3) is 0 Å². The molecule has 0 aliphatic heterocycles. The van der Waals surface area contributed by atoms with E-state index in [2.05, 4.69) is 0 Å². The summed E-state index contributed by atoms with van der Waals surface area (Å²) in [5.41, 5.74) is 14.7. The maximum absolute atomic E-state index is 7.62. The Morgan fingerprint density at radius 3 is 2.56 bits per heavy atom. The van der Waals surface area contributed by atoms with Crippen molar-refractivity contribution in [2.24, 2.45) is 11.5 Å². The number of hydrogen-bond acceptors (Lipinski definition) is 4. The summed E-state index contributed by atoms with van der Waals surface area (Å²) >= 11 is 0. The molecule has 16 heavy (non-hydrogen) atoms. The van der Waals surface area contributed by atoms with Crippen molar-refractivity contribution in [3.8, 4) is 0 Å². The summed E-state index contributed by atoms with van der Waals surface area (Å²) in [6, 6.07) is -0.213. The molecule has 1 unspecified atom stereocenters. The van der Waals surface area contributed by atoms with Crippen molar-refractivity contribution in [2.45, 2.75) is 12.5 Å². The molecule has 2 aliphatic rings. The lowest BCUT2D eigenvalue weighted by Crippen LogP contribution is -2.27. The van der Waals surface area contributed by atoms with Crippen LogP contribution < -0.4 is 11.5 Å². The molecule has 2 rings (SSSR count). The number of hydrogen-bond donors (Lipinski definition) is 4. The first-order valence-electron chi connectivity index (χ1n) is 5.06. The zero-order chi connectivity index (χ0) is 11.7. The van der Waals surface area contributed by atoms with Crippen molar-refractivity contribution < 1.29 is 0 Å². The van der Waals surface area contributed by atoms with Crippen LogP contribution in [0, 0.1) is 10.8 Å². The molecule has 0 radical (unpaired) electrons. The van der Waals surface area contributed by atoms with Gasteiger partial charge in [0.2, 0.25) is 0 Å². The molecule has 6 N–H and O–H groups in total. The highest BCUT2D eigenvalue weighted by Crippen LogP contribution is 2.22. The van der Waals surface area contributed by atoms with Crippen molar-refractivity contribution in [2.75, 3.05) is 0 Å². The molecule has 2 aliphatic carbocycles. The average molecular weight is 214 g/mol. The Kier molecular flexibility index (Phi) is 2.58. The van der Waals surface area contributed by atoms with Gasteiger partial charge >= 0.3 is 0 Å². The van der Waals surface area contributed by atoms with Gasteiger partial charge in [0.05, 0.1) is 17.5 Å². The highest BCUT2D eigenvalue weighted by molar-refractivity contribution is 6.45. The quantitative estimate of drug-likeness (QED) is 0.484. The molecule has 0 amide bonds. The third-order valence-electron chi connectivity index (χ3n) is 2.70. The van der Waals surface area contributed by atoms with Crippen LogP contribution in [-0.2, 0) is 0 Å². The molecule has 0 aromatic carbocycles. The second-order valence-corrected chi connectivity index (χ2v) is 3.91. The van der Waals surface area contributed by atoms with E-state index in [1.807, 2.05) is 24.3 Å². The van der Waals surface area contributed by atoms with Gasteiger partial charge in [-0.2, -0.15) is 0 Å². The van der Waals surface area contributed by atoms with E-state index in [-0.39, 0.29) is 11.8 Å². The Labute approximate surface area is 94.0 Å². The van der Waals surface area contributed by atoms with Crippen LogP contribution in [0.5, 0.6) is 0 Å². The average Bonchev–Trinajstić information content (AvgIpc) is 2.26. The van der Waals surface area contributed by atoms with Gasteiger partial charge in [0.1, 0.15) is 0 Å². The molecule has 0 bridgehead atoms. The van der Waals surface area contributed by atoms with Crippen LogP contribution in [0.3, 0.4) is 0 Å². The van der Waals surface area contributed by atoms with Crippen molar-refractivity contribution >= 4 is 11.4 Å². The van der Waals surface area contributed by atoms with Gasteiger partial charge < -0.3 is 16.9 Å². The predicted molar refractivity (Wildman–Crippen MR) is 65.6 cm³/mol. The SMILES string of the molecule is N=C1C=CC(=C2C=CC(N)C(N)=C2)CC1=N. The zero-order valence-electron chi connectivity index (χ0n) is 8.83. The van der Waals surface area contributed by atoms with Crippen LogP contribution in [0.2, 0.25) is 0 Å². The lowest BCUT2D eigenvalue weighted by molar-refractivity contribution is 0.917. The maximum Gasteiger partial charge on any atom is 0.0751 e. The summed E-state index contributed by atoms with van der Waals surface area (Å²) in [7, 11) is 0. The summed E-state index contributed by atoms with van der Waals surface area (Å²) in [4.78, 5) is 0. The summed E-state index contributed by atoms with van der Waals surface area (Å²) in [6.45, 7) is 0. The van der Waals surface area contributed by atoms with E-state index in [9.17, 15) is 0 Å². The molecule has 4 nitrogen and oxygen atoms in total. The second-order valence-electron chi connectivity index (χ2n) is 3.91. The summed E-state index contributed by atoms with van der Waals surface area (Å²) in [5.74, 6) is 0. The Bertz CT molecular complexity index is 477. The van der Waals surface area contributed by atoms with E-state index in [0.717, 1.165) is 11.1 Å². The first kappa shape index (κ1) is 10.6. The van der Waals surface area contributed by atoms with Crippen molar-refractivity contribution in [1.29, 1.82) is 10.8 Å². The molecular weight excluding hydrogens is 200 g/mol. The third-order valence-corrected chi connectivity index (χ3v) is 2.70. The van der Waals surface area contributed by atoms with E-state index in [1.165, 1.54) is 0 Å². The fourth-order valence-electron chi connectivity index (χ4n) is 1.67. The lowest BCUT2D eigenvalue weighted by Gasteiger charge is -2.17. The molecule has 0 fully saturated rings. The van der Waals surface area contributed by atoms with Gasteiger partial charge in [0.15, 0.2) is 0 Å². The second kappa shape index (κ2) is 3.90. The van der Waals surface area contributed by atoms with Crippen molar-refractivity contribution in [3.63, 3.8) is 0 Å². The Balaban J connectivity index is 2.38. The van der Waals surface area contributed by atoms with Gasteiger partial charge in [-0.1, -0.05) is 18.2 Å². The Hall–Kier alpha value is -1.94. The van der Waals surface area contributed by atoms with Gasteiger partial charge in [-0.25, -0.2) is 0 Å². The van der Waals surface area contributed by atoms with Crippen molar-refractivity contribution in [3.05, 3.63) is 47.2 Å². The van der Waals surface area contributed by atoms with Crippen molar-refractivity contribution in [1.82, 2.24) is 0 Å². The van der Waals surface area contributed by atoms with Crippen LogP contribution >= 0.6 is 0 Å². The van der Waals surface area contributed by atoms with E-state index in [1.54, 1.807) is 6.08 Å². The highest BCUT2D eigenvalue weighted by atomic mass is 14.7. The van der Waals surface area contributed by atoms with E-state index in [0.29, 0.717) is 17.8 Å². The van der Waals surface area contributed by atoms with Gasteiger partial charge in [0, 0.05) is 12.1 Å². The monoisotopic (exact) mass is 214 g/mol. The minimum absolute atomic E-state index is 0.213. The van der Waals surface area contributed by atoms with E-state index < -0.39 is 0 Å². The number of rotatable bonds is 0. The van der Waals surface area contributed by atoms with E-state index >= 15 is 0 Å². The first-order valence-corrected chi connectivity index (χ1v) is 5.06. The van der Waals surface area contributed by atoms with Crippen LogP contribution in [-0.4, -0.2) is 17.5 Å². The first-order chi connectivity index (χ1) is 7.58. The molecule has 1 atom stereocenters. The maximum atomic E-state index is 7.62. The minimum atomic E-state index is -0.213. The number of nitrogens with two attached hydrogens (primary N) is 2. The smallest absolute Gasteiger partial charge is 0.0751 e.